The highest BCUT2D eigenvalue weighted by molar-refractivity contribution is 7.99. The smallest absolute Gasteiger partial charge is 0.254 e. The number of fused-ring (bicyclic) bond motifs is 1. The molecule has 2 heterocycles. The Morgan fingerprint density at radius 1 is 0.951 bits per heavy atom. The minimum absolute atomic E-state index is 0.0472. The maximum absolute atomic E-state index is 13.9. The van der Waals surface area contributed by atoms with Gasteiger partial charge in [-0.1, -0.05) is 54.2 Å². The Labute approximate surface area is 245 Å². The van der Waals surface area contributed by atoms with Crippen molar-refractivity contribution in [3.05, 3.63) is 93.4 Å². The van der Waals surface area contributed by atoms with Crippen molar-refractivity contribution in [2.75, 3.05) is 11.1 Å². The number of carbonyl (C=O) groups excluding carboxylic acids is 3. The summed E-state index contributed by atoms with van der Waals surface area (Å²) in [6.07, 6.45) is 3.80. The minimum atomic E-state index is -0.603. The predicted molar refractivity (Wildman–Crippen MR) is 157 cm³/mol. The normalized spacial score (nSPS) is 12.4. The van der Waals surface area contributed by atoms with Gasteiger partial charge in [-0.05, 0) is 48.9 Å². The molecule has 9 nitrogen and oxygen atoms in total. The van der Waals surface area contributed by atoms with Gasteiger partial charge in [0.2, 0.25) is 5.91 Å². The fourth-order valence-electron chi connectivity index (χ4n) is 4.58. The number of nitrogens with one attached hydrogen (secondary N) is 3. The molecule has 3 N–H and O–H groups in total. The number of benzene rings is 2. The van der Waals surface area contributed by atoms with E-state index in [-0.39, 0.29) is 29.7 Å². The van der Waals surface area contributed by atoms with Crippen molar-refractivity contribution >= 4 is 45.8 Å². The van der Waals surface area contributed by atoms with E-state index in [0.29, 0.717) is 28.1 Å². The lowest BCUT2D eigenvalue weighted by Crippen LogP contribution is -2.26. The molecule has 0 saturated carbocycles. The van der Waals surface area contributed by atoms with Gasteiger partial charge in [0.1, 0.15) is 10.8 Å². The number of thiophene rings is 1. The van der Waals surface area contributed by atoms with Crippen LogP contribution in [0.1, 0.15) is 55.4 Å². The topological polar surface area (TPSA) is 118 Å². The van der Waals surface area contributed by atoms with Crippen LogP contribution in [0.2, 0.25) is 0 Å². The number of rotatable bonds is 10. The zero-order chi connectivity index (χ0) is 28.8. The fourth-order valence-corrected chi connectivity index (χ4v) is 6.61. The Bertz CT molecular complexity index is 1570. The second-order valence-corrected chi connectivity index (χ2v) is 11.6. The summed E-state index contributed by atoms with van der Waals surface area (Å²) in [7, 11) is 1.73. The first-order valence-corrected chi connectivity index (χ1v) is 15.0. The molecule has 0 radical (unpaired) electrons. The summed E-state index contributed by atoms with van der Waals surface area (Å²) in [5.41, 5.74) is 2.54. The second-order valence-electron chi connectivity index (χ2n) is 9.54. The van der Waals surface area contributed by atoms with Gasteiger partial charge in [-0.2, -0.15) is 0 Å². The molecule has 0 spiro atoms. The van der Waals surface area contributed by atoms with Crippen LogP contribution in [0.25, 0.3) is 0 Å². The van der Waals surface area contributed by atoms with Gasteiger partial charge >= 0.3 is 0 Å². The average molecular weight is 593 g/mol. The van der Waals surface area contributed by atoms with Gasteiger partial charge in [-0.3, -0.25) is 14.4 Å². The number of amides is 3. The zero-order valence-electron chi connectivity index (χ0n) is 22.4. The number of hydrogen-bond acceptors (Lipinski definition) is 7. The van der Waals surface area contributed by atoms with Crippen molar-refractivity contribution in [1.29, 1.82) is 0 Å². The SMILES string of the molecule is Cn1c(CNC(=O)c2ccccc2F)nnc1SCC(=O)Nc1sc2c(c1C(=O)NCc1ccccc1)CCCC2. The molecule has 1 aliphatic carbocycles. The molecule has 2 aromatic carbocycles. The molecule has 0 fully saturated rings. The van der Waals surface area contributed by atoms with E-state index in [1.165, 1.54) is 41.3 Å². The monoisotopic (exact) mass is 592 g/mol. The van der Waals surface area contributed by atoms with Gasteiger partial charge in [0, 0.05) is 18.5 Å². The Hall–Kier alpha value is -4.03. The number of thioether (sulfide) groups is 1. The molecule has 0 atom stereocenters. The summed E-state index contributed by atoms with van der Waals surface area (Å²) in [4.78, 5) is 39.7. The largest absolute Gasteiger partial charge is 0.348 e. The van der Waals surface area contributed by atoms with Gasteiger partial charge in [0.15, 0.2) is 11.0 Å². The molecule has 0 unspecified atom stereocenters. The maximum atomic E-state index is 13.9. The van der Waals surface area contributed by atoms with Crippen LogP contribution in [0, 0.1) is 5.82 Å². The van der Waals surface area contributed by atoms with E-state index in [0.717, 1.165) is 41.7 Å². The standard InChI is InChI=1S/C29H29FN6O3S2/c1-36-23(16-32-26(38)19-11-5-7-13-21(19)30)34-35-29(36)40-17-24(37)33-28-25(20-12-6-8-14-22(20)41-28)27(39)31-15-18-9-3-2-4-10-18/h2-5,7,9-11,13H,6,8,12,14-17H2,1H3,(H,31,39)(H,32,38)(H,33,37). The summed E-state index contributed by atoms with van der Waals surface area (Å²) in [5.74, 6) is -1.09. The number of aromatic nitrogens is 3. The van der Waals surface area contributed by atoms with Crippen molar-refractivity contribution in [3.63, 3.8) is 0 Å². The predicted octanol–water partition coefficient (Wildman–Crippen LogP) is 4.49. The van der Waals surface area contributed by atoms with Crippen LogP contribution in [0.4, 0.5) is 9.39 Å². The van der Waals surface area contributed by atoms with Crippen LogP contribution in [0.3, 0.4) is 0 Å². The lowest BCUT2D eigenvalue weighted by atomic mass is 9.95. The molecule has 2 aromatic heterocycles. The minimum Gasteiger partial charge on any atom is -0.348 e. The van der Waals surface area contributed by atoms with E-state index < -0.39 is 11.7 Å². The lowest BCUT2D eigenvalue weighted by Gasteiger charge is -2.13. The van der Waals surface area contributed by atoms with E-state index in [1.54, 1.807) is 17.7 Å². The number of hydrogen-bond donors (Lipinski definition) is 3. The average Bonchev–Trinajstić information content (AvgIpc) is 3.53. The number of aryl methyl sites for hydroxylation is 1. The molecule has 3 amide bonds. The molecule has 0 aliphatic heterocycles. The third kappa shape index (κ3) is 6.83. The summed E-state index contributed by atoms with van der Waals surface area (Å²) in [6, 6.07) is 15.4. The van der Waals surface area contributed by atoms with Gasteiger partial charge in [0.25, 0.3) is 11.8 Å². The highest BCUT2D eigenvalue weighted by Gasteiger charge is 2.26. The van der Waals surface area contributed by atoms with Crippen molar-refractivity contribution in [2.24, 2.45) is 7.05 Å². The number of anilines is 1. The molecule has 0 saturated heterocycles. The molecule has 212 valence electrons. The number of halogens is 1. The van der Waals surface area contributed by atoms with Crippen molar-refractivity contribution in [2.45, 2.75) is 43.9 Å². The van der Waals surface area contributed by atoms with Gasteiger partial charge < -0.3 is 20.5 Å². The Kier molecular flexibility index (Phi) is 9.10. The lowest BCUT2D eigenvalue weighted by molar-refractivity contribution is -0.113. The van der Waals surface area contributed by atoms with E-state index in [2.05, 4.69) is 26.1 Å². The highest BCUT2D eigenvalue weighted by atomic mass is 32.2. The molecule has 4 aromatic rings. The van der Waals surface area contributed by atoms with E-state index in [4.69, 9.17) is 0 Å². The van der Waals surface area contributed by atoms with Crippen LogP contribution in [0.15, 0.2) is 59.8 Å². The van der Waals surface area contributed by atoms with Crippen molar-refractivity contribution in [1.82, 2.24) is 25.4 Å². The highest BCUT2D eigenvalue weighted by Crippen LogP contribution is 2.38. The van der Waals surface area contributed by atoms with E-state index >= 15 is 0 Å². The number of carbonyl (C=O) groups is 3. The summed E-state index contributed by atoms with van der Waals surface area (Å²) in [5, 5.41) is 17.9. The van der Waals surface area contributed by atoms with E-state index in [9.17, 15) is 18.8 Å². The van der Waals surface area contributed by atoms with Crippen molar-refractivity contribution < 1.29 is 18.8 Å². The molecule has 41 heavy (non-hydrogen) atoms. The summed E-state index contributed by atoms with van der Waals surface area (Å²) >= 11 is 2.67. The number of nitrogens with zero attached hydrogens (tertiary/aromatic N) is 3. The maximum Gasteiger partial charge on any atom is 0.254 e. The summed E-state index contributed by atoms with van der Waals surface area (Å²) in [6.45, 7) is 0.453. The van der Waals surface area contributed by atoms with Crippen molar-refractivity contribution in [3.8, 4) is 0 Å². The second kappa shape index (κ2) is 13.1. The Morgan fingerprint density at radius 3 is 2.49 bits per heavy atom. The van der Waals surface area contributed by atoms with E-state index in [1.807, 2.05) is 30.3 Å². The first-order valence-electron chi connectivity index (χ1n) is 13.2. The van der Waals surface area contributed by atoms with Crippen LogP contribution < -0.4 is 16.0 Å². The van der Waals surface area contributed by atoms with Gasteiger partial charge in [-0.25, -0.2) is 4.39 Å². The molecule has 5 rings (SSSR count). The molecule has 12 heteroatoms. The van der Waals surface area contributed by atoms with Gasteiger partial charge in [0.05, 0.1) is 23.4 Å². The van der Waals surface area contributed by atoms with Crippen LogP contribution in [-0.2, 0) is 37.8 Å². The molecule has 0 bridgehead atoms. The first-order chi connectivity index (χ1) is 19.9. The zero-order valence-corrected chi connectivity index (χ0v) is 24.0. The first kappa shape index (κ1) is 28.5. The molecular formula is C29H29FN6O3S2. The summed E-state index contributed by atoms with van der Waals surface area (Å²) < 4.78 is 15.5. The van der Waals surface area contributed by atoms with Crippen LogP contribution in [-0.4, -0.2) is 38.2 Å². The quantitative estimate of drug-likeness (QED) is 0.234. The van der Waals surface area contributed by atoms with Crippen LogP contribution in [0.5, 0.6) is 0 Å². The third-order valence-electron chi connectivity index (χ3n) is 6.73. The molecular weight excluding hydrogens is 563 g/mol. The van der Waals surface area contributed by atoms with Gasteiger partial charge in [-0.15, -0.1) is 21.5 Å². The molecule has 1 aliphatic rings. The Balaban J connectivity index is 1.20. The third-order valence-corrected chi connectivity index (χ3v) is 8.96. The fraction of sp³-hybridized carbons (Fsp3) is 0.276. The Morgan fingerprint density at radius 2 is 1.68 bits per heavy atom. The van der Waals surface area contributed by atoms with Crippen LogP contribution >= 0.6 is 23.1 Å².